The minimum absolute atomic E-state index is 0.102. The summed E-state index contributed by atoms with van der Waals surface area (Å²) < 4.78 is 6.14. The number of unbranched alkanes of at least 4 members (excludes halogenated alkanes) is 10. The Morgan fingerprint density at radius 1 is 0.967 bits per heavy atom. The van der Waals surface area contributed by atoms with Gasteiger partial charge in [0, 0.05) is 25.0 Å². The number of hydrogen-bond donors (Lipinski definition) is 1. The first-order chi connectivity index (χ1) is 14.6. The van der Waals surface area contributed by atoms with Gasteiger partial charge in [0.25, 0.3) is 0 Å². The van der Waals surface area contributed by atoms with Gasteiger partial charge in [-0.05, 0) is 31.8 Å². The molecule has 1 rings (SSSR count). The minimum Gasteiger partial charge on any atom is -0.481 e. The van der Waals surface area contributed by atoms with Crippen LogP contribution in [0, 0.1) is 17.8 Å². The van der Waals surface area contributed by atoms with E-state index in [1.807, 2.05) is 0 Å². The summed E-state index contributed by atoms with van der Waals surface area (Å²) in [5, 5.41) is 8.74. The molecule has 0 aromatic heterocycles. The molecule has 0 fully saturated rings. The van der Waals surface area contributed by atoms with Crippen molar-refractivity contribution in [3.63, 3.8) is 0 Å². The topological polar surface area (TPSA) is 63.6 Å². The van der Waals surface area contributed by atoms with Crippen LogP contribution in [0.4, 0.5) is 0 Å². The van der Waals surface area contributed by atoms with E-state index in [2.05, 4.69) is 25.7 Å². The molecule has 170 valence electrons. The maximum atomic E-state index is 12.6. The molecule has 0 aromatic rings. The molecule has 0 spiro atoms. The summed E-state index contributed by atoms with van der Waals surface area (Å²) >= 11 is 0. The zero-order chi connectivity index (χ0) is 22.0. The van der Waals surface area contributed by atoms with Gasteiger partial charge in [0.1, 0.15) is 6.10 Å². The number of carbonyl (C=O) groups is 2. The van der Waals surface area contributed by atoms with Crippen molar-refractivity contribution >= 4 is 11.8 Å². The maximum Gasteiger partial charge on any atom is 0.303 e. The molecule has 1 aliphatic carbocycles. The van der Waals surface area contributed by atoms with Crippen molar-refractivity contribution in [3.05, 3.63) is 11.6 Å². The molecule has 1 N–H and O–H groups in total. The van der Waals surface area contributed by atoms with Gasteiger partial charge in [-0.15, -0.1) is 0 Å². The molecule has 4 nitrogen and oxygen atoms in total. The van der Waals surface area contributed by atoms with E-state index in [4.69, 9.17) is 9.84 Å². The summed E-state index contributed by atoms with van der Waals surface area (Å²) in [6.45, 7) is 4.96. The van der Waals surface area contributed by atoms with Gasteiger partial charge in [0.2, 0.25) is 0 Å². The van der Waals surface area contributed by atoms with E-state index in [0.717, 1.165) is 50.5 Å². The molecule has 0 saturated heterocycles. The Balaban J connectivity index is 2.55. The summed E-state index contributed by atoms with van der Waals surface area (Å²) in [4.78, 5) is 23.2. The Hall–Kier alpha value is -1.60. The average molecular weight is 419 g/mol. The van der Waals surface area contributed by atoms with E-state index < -0.39 is 5.97 Å². The van der Waals surface area contributed by atoms with E-state index in [1.165, 1.54) is 38.5 Å². The number of carbonyl (C=O) groups excluding carboxylic acids is 1. The van der Waals surface area contributed by atoms with Gasteiger partial charge in [-0.1, -0.05) is 83.5 Å². The Kier molecular flexibility index (Phi) is 15.1. The van der Waals surface area contributed by atoms with Gasteiger partial charge in [-0.3, -0.25) is 9.59 Å². The molecule has 30 heavy (non-hydrogen) atoms. The highest BCUT2D eigenvalue weighted by Crippen LogP contribution is 2.30. The van der Waals surface area contributed by atoms with E-state index in [-0.39, 0.29) is 24.2 Å². The zero-order valence-electron chi connectivity index (χ0n) is 19.2. The Morgan fingerprint density at radius 2 is 1.63 bits per heavy atom. The summed E-state index contributed by atoms with van der Waals surface area (Å²) in [5.41, 5.74) is 0.847. The second-order valence-corrected chi connectivity index (χ2v) is 8.42. The highest BCUT2D eigenvalue weighted by Gasteiger charge is 2.35. The Labute approximate surface area is 183 Å². The number of allylic oxidation sites excluding steroid dienone is 1. The molecule has 0 aliphatic heterocycles. The zero-order valence-corrected chi connectivity index (χ0v) is 19.2. The van der Waals surface area contributed by atoms with Gasteiger partial charge in [-0.25, -0.2) is 0 Å². The molecule has 0 radical (unpaired) electrons. The Morgan fingerprint density at radius 3 is 2.33 bits per heavy atom. The lowest BCUT2D eigenvalue weighted by Gasteiger charge is -2.21. The third-order valence-electron chi connectivity index (χ3n) is 5.67. The lowest BCUT2D eigenvalue weighted by molar-refractivity contribution is -0.137. The van der Waals surface area contributed by atoms with Crippen molar-refractivity contribution < 1.29 is 19.4 Å². The molecule has 0 bridgehead atoms. The molecule has 0 unspecified atom stereocenters. The van der Waals surface area contributed by atoms with Crippen molar-refractivity contribution in [1.82, 2.24) is 0 Å². The van der Waals surface area contributed by atoms with E-state index in [1.54, 1.807) is 6.08 Å². The SMILES string of the molecule is CCCCCCC#CC1=CC(=O)[C@H](CCCCCCC)[C@H]1OCCCCCC(=O)O. The number of ether oxygens (including phenoxy) is 1. The van der Waals surface area contributed by atoms with Crippen LogP contribution in [-0.2, 0) is 14.3 Å². The minimum atomic E-state index is -0.750. The molecule has 4 heteroatoms. The first kappa shape index (κ1) is 26.4. The normalized spacial score (nSPS) is 18.2. The molecule has 0 aromatic carbocycles. The smallest absolute Gasteiger partial charge is 0.303 e. The molecular formula is C26H42O4. The molecule has 0 saturated carbocycles. The van der Waals surface area contributed by atoms with E-state index >= 15 is 0 Å². The summed E-state index contributed by atoms with van der Waals surface area (Å²) in [7, 11) is 0. The highest BCUT2D eigenvalue weighted by molar-refractivity contribution is 5.97. The van der Waals surface area contributed by atoms with Crippen LogP contribution in [0.2, 0.25) is 0 Å². The first-order valence-corrected chi connectivity index (χ1v) is 12.2. The number of aliphatic carboxylic acids is 1. The van der Waals surface area contributed by atoms with Crippen molar-refractivity contribution in [2.75, 3.05) is 6.61 Å². The van der Waals surface area contributed by atoms with Crippen LogP contribution in [0.15, 0.2) is 11.6 Å². The number of hydrogen-bond acceptors (Lipinski definition) is 3. The van der Waals surface area contributed by atoms with Crippen LogP contribution in [0.1, 0.15) is 110 Å². The highest BCUT2D eigenvalue weighted by atomic mass is 16.5. The second kappa shape index (κ2) is 17.1. The lowest BCUT2D eigenvalue weighted by Crippen LogP contribution is -2.26. The van der Waals surface area contributed by atoms with Crippen molar-refractivity contribution in [2.45, 2.75) is 116 Å². The van der Waals surface area contributed by atoms with Gasteiger partial charge in [0.05, 0.1) is 5.92 Å². The van der Waals surface area contributed by atoms with Crippen LogP contribution < -0.4 is 0 Å². The fraction of sp³-hybridized carbons (Fsp3) is 0.769. The maximum absolute atomic E-state index is 12.6. The average Bonchev–Trinajstić information content (AvgIpc) is 3.01. The lowest BCUT2D eigenvalue weighted by atomic mass is 9.93. The Bertz CT molecular complexity index is 582. The fourth-order valence-electron chi connectivity index (χ4n) is 3.85. The summed E-state index contributed by atoms with van der Waals surface area (Å²) in [5.74, 6) is 5.79. The predicted molar refractivity (Wildman–Crippen MR) is 122 cm³/mol. The quantitative estimate of drug-likeness (QED) is 0.217. The van der Waals surface area contributed by atoms with Crippen molar-refractivity contribution in [2.24, 2.45) is 5.92 Å². The van der Waals surface area contributed by atoms with Crippen LogP contribution >= 0.6 is 0 Å². The molecular weight excluding hydrogens is 376 g/mol. The van der Waals surface area contributed by atoms with Gasteiger partial charge < -0.3 is 9.84 Å². The molecule has 0 amide bonds. The predicted octanol–water partition coefficient (Wildman–Crippen LogP) is 6.48. The van der Waals surface area contributed by atoms with Gasteiger partial charge >= 0.3 is 5.97 Å². The standard InChI is InChI=1S/C26H42O4/c1-3-5-7-9-11-13-17-22-21-24(27)23(18-14-10-8-6-4-2)26(22)30-20-16-12-15-19-25(28)29/h21,23,26H,3-12,14-16,18-20H2,1-2H3,(H,28,29)/t23-,26-/m0/s1. The molecule has 2 atom stereocenters. The van der Waals surface area contributed by atoms with Gasteiger partial charge in [-0.2, -0.15) is 0 Å². The van der Waals surface area contributed by atoms with E-state index in [0.29, 0.717) is 13.0 Å². The molecule has 0 heterocycles. The number of carboxylic acid groups (broad SMARTS) is 1. The van der Waals surface area contributed by atoms with Gasteiger partial charge in [0.15, 0.2) is 5.78 Å². The number of ketones is 1. The van der Waals surface area contributed by atoms with Crippen molar-refractivity contribution in [1.29, 1.82) is 0 Å². The third kappa shape index (κ3) is 11.6. The first-order valence-electron chi connectivity index (χ1n) is 12.2. The van der Waals surface area contributed by atoms with Crippen LogP contribution in [0.25, 0.3) is 0 Å². The van der Waals surface area contributed by atoms with Crippen molar-refractivity contribution in [3.8, 4) is 11.8 Å². The summed E-state index contributed by atoms with van der Waals surface area (Å²) in [6, 6.07) is 0. The largest absolute Gasteiger partial charge is 0.481 e. The third-order valence-corrected chi connectivity index (χ3v) is 5.67. The van der Waals surface area contributed by atoms with Crippen LogP contribution in [0.5, 0.6) is 0 Å². The summed E-state index contributed by atoms with van der Waals surface area (Å²) in [6.07, 6.45) is 16.5. The fourth-order valence-corrected chi connectivity index (χ4v) is 3.85. The monoisotopic (exact) mass is 418 g/mol. The van der Waals surface area contributed by atoms with Crippen LogP contribution in [0.3, 0.4) is 0 Å². The number of carboxylic acids is 1. The number of rotatable bonds is 17. The second-order valence-electron chi connectivity index (χ2n) is 8.42. The van der Waals surface area contributed by atoms with Crippen LogP contribution in [-0.4, -0.2) is 29.6 Å². The molecule has 1 aliphatic rings. The van der Waals surface area contributed by atoms with E-state index in [9.17, 15) is 9.59 Å².